The SMILES string of the molecule is C=CC(=O)N1CCC(C(=O)NCc2ccc(N(C)C(=O)OC(C)(C)C)cc2)C1. The number of carbonyl (C=O) groups is 3. The highest BCUT2D eigenvalue weighted by molar-refractivity contribution is 5.88. The van der Waals surface area contributed by atoms with E-state index in [1.807, 2.05) is 45.0 Å². The lowest BCUT2D eigenvalue weighted by atomic mass is 10.1. The normalized spacial score (nSPS) is 16.4. The van der Waals surface area contributed by atoms with Gasteiger partial charge in [-0.1, -0.05) is 18.7 Å². The summed E-state index contributed by atoms with van der Waals surface area (Å²) in [5.41, 5.74) is 1.08. The smallest absolute Gasteiger partial charge is 0.414 e. The summed E-state index contributed by atoms with van der Waals surface area (Å²) in [7, 11) is 1.65. The first-order valence-corrected chi connectivity index (χ1v) is 9.35. The van der Waals surface area contributed by atoms with Crippen molar-refractivity contribution in [1.82, 2.24) is 10.2 Å². The lowest BCUT2D eigenvalue weighted by Gasteiger charge is -2.24. The number of likely N-dealkylation sites (tertiary alicyclic amines) is 1. The first-order valence-electron chi connectivity index (χ1n) is 9.35. The van der Waals surface area contributed by atoms with E-state index in [1.165, 1.54) is 11.0 Å². The lowest BCUT2D eigenvalue weighted by molar-refractivity contribution is -0.126. The molecule has 1 atom stereocenters. The van der Waals surface area contributed by atoms with Gasteiger partial charge in [0.25, 0.3) is 0 Å². The molecule has 0 radical (unpaired) electrons. The van der Waals surface area contributed by atoms with Gasteiger partial charge in [0.05, 0.1) is 5.92 Å². The molecular weight excluding hydrogens is 358 g/mol. The zero-order chi connectivity index (χ0) is 20.9. The molecule has 0 bridgehead atoms. The number of amides is 3. The molecule has 0 spiro atoms. The Bertz CT molecular complexity index is 737. The van der Waals surface area contributed by atoms with Crippen molar-refractivity contribution in [3.05, 3.63) is 42.5 Å². The Morgan fingerprint density at radius 3 is 2.50 bits per heavy atom. The monoisotopic (exact) mass is 387 g/mol. The van der Waals surface area contributed by atoms with Crippen molar-refractivity contribution >= 4 is 23.6 Å². The van der Waals surface area contributed by atoms with Gasteiger partial charge in [-0.15, -0.1) is 0 Å². The molecule has 0 saturated carbocycles. The number of hydrogen-bond acceptors (Lipinski definition) is 4. The van der Waals surface area contributed by atoms with Crippen LogP contribution in [0.2, 0.25) is 0 Å². The molecule has 0 aromatic heterocycles. The summed E-state index contributed by atoms with van der Waals surface area (Å²) in [6.07, 6.45) is 1.51. The van der Waals surface area contributed by atoms with Crippen molar-refractivity contribution < 1.29 is 19.1 Å². The van der Waals surface area contributed by atoms with Crippen LogP contribution in [0, 0.1) is 5.92 Å². The van der Waals surface area contributed by atoms with Crippen LogP contribution in [0.25, 0.3) is 0 Å². The van der Waals surface area contributed by atoms with Gasteiger partial charge >= 0.3 is 6.09 Å². The second-order valence-electron chi connectivity index (χ2n) is 7.90. The third-order valence-electron chi connectivity index (χ3n) is 4.50. The number of benzene rings is 1. The molecule has 1 saturated heterocycles. The molecular formula is C21H29N3O4. The van der Waals surface area contributed by atoms with E-state index in [9.17, 15) is 14.4 Å². The molecule has 1 aliphatic rings. The molecule has 1 heterocycles. The molecule has 1 fully saturated rings. The maximum Gasteiger partial charge on any atom is 0.414 e. The highest BCUT2D eigenvalue weighted by Gasteiger charge is 2.29. The minimum absolute atomic E-state index is 0.0608. The summed E-state index contributed by atoms with van der Waals surface area (Å²) in [5.74, 6) is -0.393. The van der Waals surface area contributed by atoms with Crippen LogP contribution in [0.5, 0.6) is 0 Å². The third kappa shape index (κ3) is 5.84. The number of nitrogens with one attached hydrogen (secondary N) is 1. The molecule has 28 heavy (non-hydrogen) atoms. The highest BCUT2D eigenvalue weighted by atomic mass is 16.6. The molecule has 152 valence electrons. The number of ether oxygens (including phenoxy) is 1. The van der Waals surface area contributed by atoms with Crippen LogP contribution >= 0.6 is 0 Å². The molecule has 3 amide bonds. The Kier molecular flexibility index (Phi) is 6.83. The van der Waals surface area contributed by atoms with Gasteiger partial charge in [0, 0.05) is 32.4 Å². The molecule has 1 N–H and O–H groups in total. The van der Waals surface area contributed by atoms with Gasteiger partial charge in [-0.05, 0) is 51.0 Å². The van der Waals surface area contributed by atoms with Gasteiger partial charge in [-0.3, -0.25) is 14.5 Å². The van der Waals surface area contributed by atoms with Gasteiger partial charge in [-0.25, -0.2) is 4.79 Å². The van der Waals surface area contributed by atoms with Crippen molar-refractivity contribution in [2.45, 2.75) is 39.3 Å². The molecule has 7 heteroatoms. The van der Waals surface area contributed by atoms with Gasteiger partial charge in [0.1, 0.15) is 5.60 Å². The van der Waals surface area contributed by atoms with E-state index in [1.54, 1.807) is 11.9 Å². The Balaban J connectivity index is 1.86. The minimum atomic E-state index is -0.554. The number of rotatable bonds is 5. The van der Waals surface area contributed by atoms with Crippen molar-refractivity contribution in [1.29, 1.82) is 0 Å². The zero-order valence-electron chi connectivity index (χ0n) is 17.0. The maximum atomic E-state index is 12.3. The molecule has 1 aliphatic heterocycles. The fraction of sp³-hybridized carbons (Fsp3) is 0.476. The Labute approximate surface area is 166 Å². The number of anilines is 1. The second kappa shape index (κ2) is 8.91. The quantitative estimate of drug-likeness (QED) is 0.788. The Hall–Kier alpha value is -2.83. The van der Waals surface area contributed by atoms with E-state index in [4.69, 9.17) is 4.74 Å². The molecule has 1 aromatic rings. The average molecular weight is 387 g/mol. The Morgan fingerprint density at radius 2 is 1.93 bits per heavy atom. The van der Waals surface area contributed by atoms with Crippen molar-refractivity contribution in [3.63, 3.8) is 0 Å². The summed E-state index contributed by atoms with van der Waals surface area (Å²) >= 11 is 0. The fourth-order valence-electron chi connectivity index (χ4n) is 2.91. The summed E-state index contributed by atoms with van der Waals surface area (Å²) in [6.45, 7) is 10.3. The van der Waals surface area contributed by atoms with E-state index < -0.39 is 11.7 Å². The van der Waals surface area contributed by atoms with E-state index in [-0.39, 0.29) is 17.7 Å². The first kappa shape index (κ1) is 21.5. The van der Waals surface area contributed by atoms with Crippen LogP contribution < -0.4 is 10.2 Å². The third-order valence-corrected chi connectivity index (χ3v) is 4.50. The summed E-state index contributed by atoms with van der Waals surface area (Å²) in [5, 5.41) is 2.91. The minimum Gasteiger partial charge on any atom is -0.443 e. The molecule has 2 rings (SSSR count). The van der Waals surface area contributed by atoms with Gasteiger partial charge in [0.2, 0.25) is 11.8 Å². The average Bonchev–Trinajstić information content (AvgIpc) is 3.14. The van der Waals surface area contributed by atoms with Crippen molar-refractivity contribution in [3.8, 4) is 0 Å². The van der Waals surface area contributed by atoms with E-state index in [2.05, 4.69) is 11.9 Å². The zero-order valence-corrected chi connectivity index (χ0v) is 17.0. The number of hydrogen-bond donors (Lipinski definition) is 1. The fourth-order valence-corrected chi connectivity index (χ4v) is 2.91. The van der Waals surface area contributed by atoms with Gasteiger partial charge in [-0.2, -0.15) is 0 Å². The number of nitrogens with zero attached hydrogens (tertiary/aromatic N) is 2. The lowest BCUT2D eigenvalue weighted by Crippen LogP contribution is -2.34. The molecule has 7 nitrogen and oxygen atoms in total. The first-order chi connectivity index (χ1) is 13.1. The van der Waals surface area contributed by atoms with Crippen LogP contribution in [-0.2, 0) is 20.9 Å². The van der Waals surface area contributed by atoms with E-state index >= 15 is 0 Å². The summed E-state index contributed by atoms with van der Waals surface area (Å²) in [6, 6.07) is 7.34. The second-order valence-corrected chi connectivity index (χ2v) is 7.90. The molecule has 1 aromatic carbocycles. The van der Waals surface area contributed by atoms with Crippen molar-refractivity contribution in [2.24, 2.45) is 5.92 Å². The highest BCUT2D eigenvalue weighted by Crippen LogP contribution is 2.19. The van der Waals surface area contributed by atoms with Crippen molar-refractivity contribution in [2.75, 3.05) is 25.0 Å². The summed E-state index contributed by atoms with van der Waals surface area (Å²) in [4.78, 5) is 39.1. The van der Waals surface area contributed by atoms with Gasteiger partial charge in [0.15, 0.2) is 0 Å². The number of carbonyl (C=O) groups excluding carboxylic acids is 3. The predicted molar refractivity (Wildman–Crippen MR) is 108 cm³/mol. The van der Waals surface area contributed by atoms with Gasteiger partial charge < -0.3 is 15.0 Å². The largest absolute Gasteiger partial charge is 0.443 e. The van der Waals surface area contributed by atoms with Crippen LogP contribution in [0.15, 0.2) is 36.9 Å². The molecule has 0 aliphatic carbocycles. The standard InChI is InChI=1S/C21H29N3O4/c1-6-18(25)24-12-11-16(14-24)19(26)22-13-15-7-9-17(10-8-15)23(5)20(27)28-21(2,3)4/h6-10,16H,1,11-14H2,2-5H3,(H,22,26). The maximum absolute atomic E-state index is 12.3. The van der Waals surface area contributed by atoms with E-state index in [0.29, 0.717) is 31.7 Å². The van der Waals surface area contributed by atoms with Crippen LogP contribution in [-0.4, -0.2) is 48.5 Å². The van der Waals surface area contributed by atoms with E-state index in [0.717, 1.165) is 5.56 Å². The van der Waals surface area contributed by atoms with Crippen LogP contribution in [0.1, 0.15) is 32.8 Å². The predicted octanol–water partition coefficient (Wildman–Crippen LogP) is 2.71. The Morgan fingerprint density at radius 1 is 1.29 bits per heavy atom. The summed E-state index contributed by atoms with van der Waals surface area (Å²) < 4.78 is 5.35. The molecule has 1 unspecified atom stereocenters. The van der Waals surface area contributed by atoms with Crippen LogP contribution in [0.3, 0.4) is 0 Å². The topological polar surface area (TPSA) is 79.0 Å². The van der Waals surface area contributed by atoms with Crippen LogP contribution in [0.4, 0.5) is 10.5 Å².